The van der Waals surface area contributed by atoms with Gasteiger partial charge in [-0.05, 0) is 35.9 Å². The number of nitrogens with zero attached hydrogens (tertiary/aromatic N) is 1. The van der Waals surface area contributed by atoms with Crippen molar-refractivity contribution in [3.05, 3.63) is 89.5 Å². The molecule has 0 saturated carbocycles. The molecule has 1 aliphatic heterocycles. The van der Waals surface area contributed by atoms with Gasteiger partial charge in [0.15, 0.2) is 0 Å². The number of hydrogen-bond donors (Lipinski definition) is 2. The highest BCUT2D eigenvalue weighted by atomic mass is 32.2. The minimum absolute atomic E-state index is 0.0229. The molecule has 0 spiro atoms. The van der Waals surface area contributed by atoms with Crippen LogP contribution in [-0.2, 0) is 39.4 Å². The summed E-state index contributed by atoms with van der Waals surface area (Å²) < 4.78 is 18.6. The van der Waals surface area contributed by atoms with E-state index in [-0.39, 0.29) is 18.2 Å². The average molecular weight is 502 g/mol. The van der Waals surface area contributed by atoms with Crippen molar-refractivity contribution < 1.29 is 18.9 Å². The minimum atomic E-state index is -1.35. The van der Waals surface area contributed by atoms with Crippen LogP contribution in [0.5, 0.6) is 5.75 Å². The van der Waals surface area contributed by atoms with E-state index in [1.807, 2.05) is 60.7 Å². The van der Waals surface area contributed by atoms with Crippen molar-refractivity contribution in [1.29, 1.82) is 0 Å². The molecular formula is C28H27N3O4S. The Morgan fingerprint density at radius 3 is 2.58 bits per heavy atom. The number of hydrogen-bond acceptors (Lipinski definition) is 4. The van der Waals surface area contributed by atoms with E-state index in [1.165, 1.54) is 0 Å². The molecule has 184 valence electrons. The van der Waals surface area contributed by atoms with Crippen LogP contribution in [0.1, 0.15) is 16.7 Å². The number of fused-ring (bicyclic) bond motifs is 5. The monoisotopic (exact) mass is 501 g/mol. The molecule has 4 aromatic rings. The largest absolute Gasteiger partial charge is 0.610 e. The SMILES string of the molecule is COc1ccc(N(C)C(=O)C2Cc3cccc(c3)C[S+]([O-])c3[nH]c4ccccc4c3CC(=O)N2)cc1. The Labute approximate surface area is 212 Å². The normalized spacial score (nSPS) is 17.9. The van der Waals surface area contributed by atoms with Gasteiger partial charge in [-0.2, -0.15) is 0 Å². The van der Waals surface area contributed by atoms with Gasteiger partial charge in [0.2, 0.25) is 16.8 Å². The Kier molecular flexibility index (Phi) is 6.71. The Morgan fingerprint density at radius 1 is 1.06 bits per heavy atom. The molecule has 0 aliphatic carbocycles. The number of ether oxygens (including phenoxy) is 1. The summed E-state index contributed by atoms with van der Waals surface area (Å²) in [4.78, 5) is 31.7. The molecule has 1 aliphatic rings. The summed E-state index contributed by atoms with van der Waals surface area (Å²) in [7, 11) is 3.29. The highest BCUT2D eigenvalue weighted by Crippen LogP contribution is 2.29. The minimum Gasteiger partial charge on any atom is -0.610 e. The molecule has 0 radical (unpaired) electrons. The summed E-state index contributed by atoms with van der Waals surface area (Å²) in [6.07, 6.45) is 0.349. The van der Waals surface area contributed by atoms with E-state index in [2.05, 4.69) is 10.3 Å². The van der Waals surface area contributed by atoms with Crippen LogP contribution in [0.15, 0.2) is 77.8 Å². The molecule has 7 nitrogen and oxygen atoms in total. The van der Waals surface area contributed by atoms with Gasteiger partial charge in [-0.3, -0.25) is 9.59 Å². The predicted molar refractivity (Wildman–Crippen MR) is 141 cm³/mol. The van der Waals surface area contributed by atoms with Gasteiger partial charge in [-0.25, -0.2) is 0 Å². The van der Waals surface area contributed by atoms with Crippen molar-refractivity contribution in [2.24, 2.45) is 0 Å². The fourth-order valence-electron chi connectivity index (χ4n) is 4.62. The maximum Gasteiger partial charge on any atom is 0.249 e. The van der Waals surface area contributed by atoms with Crippen molar-refractivity contribution in [2.45, 2.75) is 29.7 Å². The van der Waals surface area contributed by atoms with Gasteiger partial charge in [0.05, 0.1) is 13.5 Å². The molecule has 36 heavy (non-hydrogen) atoms. The molecule has 2 N–H and O–H groups in total. The number of rotatable bonds is 3. The maximum atomic E-state index is 13.6. The first-order chi connectivity index (χ1) is 17.4. The van der Waals surface area contributed by atoms with E-state index in [1.54, 1.807) is 31.2 Å². The summed E-state index contributed by atoms with van der Waals surface area (Å²) in [5, 5.41) is 4.37. The van der Waals surface area contributed by atoms with E-state index < -0.39 is 17.2 Å². The number of anilines is 1. The molecule has 8 heteroatoms. The number of carbonyl (C=O) groups is 2. The Balaban J connectivity index is 1.51. The summed E-state index contributed by atoms with van der Waals surface area (Å²) in [5.74, 6) is 0.497. The molecular weight excluding hydrogens is 474 g/mol. The van der Waals surface area contributed by atoms with Gasteiger partial charge < -0.3 is 24.5 Å². The van der Waals surface area contributed by atoms with Crippen LogP contribution in [0.25, 0.3) is 10.9 Å². The molecule has 0 fully saturated rings. The maximum absolute atomic E-state index is 13.6. The smallest absolute Gasteiger partial charge is 0.249 e. The number of H-pyrrole nitrogens is 1. The van der Waals surface area contributed by atoms with E-state index in [0.717, 1.165) is 22.0 Å². The van der Waals surface area contributed by atoms with Crippen molar-refractivity contribution in [2.75, 3.05) is 19.1 Å². The Bertz CT molecular complexity index is 1420. The summed E-state index contributed by atoms with van der Waals surface area (Å²) in [5.41, 5.74) is 4.04. The fraction of sp³-hybridized carbons (Fsp3) is 0.214. The lowest BCUT2D eigenvalue weighted by molar-refractivity contribution is -0.127. The second kappa shape index (κ2) is 10.1. The molecule has 1 aromatic heterocycles. The lowest BCUT2D eigenvalue weighted by Crippen LogP contribution is -2.49. The second-order valence-electron chi connectivity index (χ2n) is 8.88. The molecule has 0 saturated heterocycles. The topological polar surface area (TPSA) is 97.5 Å². The lowest BCUT2D eigenvalue weighted by Gasteiger charge is -2.25. The van der Waals surface area contributed by atoms with E-state index in [4.69, 9.17) is 4.74 Å². The van der Waals surface area contributed by atoms with E-state index >= 15 is 0 Å². The number of likely N-dealkylation sites (N-methyl/N-ethyl adjacent to an activating group) is 1. The van der Waals surface area contributed by atoms with Crippen LogP contribution in [0.3, 0.4) is 0 Å². The fourth-order valence-corrected chi connectivity index (χ4v) is 5.93. The standard InChI is InChI=1S/C28H27N3O4S/c1-31(20-10-12-21(35-2)13-11-20)28(33)25-15-18-6-5-7-19(14-18)17-36(34)27-23(16-26(32)29-25)22-8-3-4-9-24(22)30-27/h3-14,25,30H,15-17H2,1-2H3,(H,29,32). The summed E-state index contributed by atoms with van der Waals surface area (Å²) in [6.45, 7) is 0. The predicted octanol–water partition coefficient (Wildman–Crippen LogP) is 3.73. The third-order valence-electron chi connectivity index (χ3n) is 6.49. The second-order valence-corrected chi connectivity index (χ2v) is 10.3. The van der Waals surface area contributed by atoms with Crippen LogP contribution in [0.2, 0.25) is 0 Å². The van der Waals surface area contributed by atoms with Gasteiger partial charge >= 0.3 is 0 Å². The number of amides is 2. The number of aromatic nitrogens is 1. The van der Waals surface area contributed by atoms with Gasteiger partial charge in [0, 0.05) is 52.4 Å². The van der Waals surface area contributed by atoms with Crippen LogP contribution in [0, 0.1) is 0 Å². The number of carbonyl (C=O) groups excluding carboxylic acids is 2. The number of methoxy groups -OCH3 is 1. The highest BCUT2D eigenvalue weighted by Gasteiger charge is 2.29. The van der Waals surface area contributed by atoms with Crippen molar-refractivity contribution in [3.63, 3.8) is 0 Å². The molecule has 2 unspecified atom stereocenters. The lowest BCUT2D eigenvalue weighted by atomic mass is 10.0. The number of aromatic amines is 1. The zero-order chi connectivity index (χ0) is 25.2. The molecule has 2 heterocycles. The Hall–Kier alpha value is -3.75. The van der Waals surface area contributed by atoms with Gasteiger partial charge in [0.25, 0.3) is 0 Å². The molecule has 5 rings (SSSR count). The van der Waals surface area contributed by atoms with Crippen LogP contribution < -0.4 is 15.0 Å². The van der Waals surface area contributed by atoms with Gasteiger partial charge in [0.1, 0.15) is 17.5 Å². The summed E-state index contributed by atoms with van der Waals surface area (Å²) >= 11 is -1.35. The first-order valence-corrected chi connectivity index (χ1v) is 13.0. The third-order valence-corrected chi connectivity index (χ3v) is 7.89. The first kappa shape index (κ1) is 24.0. The molecule has 3 aromatic carbocycles. The average Bonchev–Trinajstić information content (AvgIpc) is 3.25. The van der Waals surface area contributed by atoms with Crippen LogP contribution >= 0.6 is 0 Å². The number of nitrogens with one attached hydrogen (secondary N) is 2. The van der Waals surface area contributed by atoms with Crippen molar-refractivity contribution in [1.82, 2.24) is 10.3 Å². The highest BCUT2D eigenvalue weighted by molar-refractivity contribution is 7.90. The van der Waals surface area contributed by atoms with Gasteiger partial charge in [-0.1, -0.05) is 42.5 Å². The molecule has 2 amide bonds. The quantitative estimate of drug-likeness (QED) is 0.418. The van der Waals surface area contributed by atoms with Crippen LogP contribution in [0.4, 0.5) is 5.69 Å². The Morgan fingerprint density at radius 2 is 1.81 bits per heavy atom. The number of para-hydroxylation sites is 1. The van der Waals surface area contributed by atoms with Crippen molar-refractivity contribution >= 4 is 39.6 Å². The summed E-state index contributed by atoms with van der Waals surface area (Å²) in [6, 6.07) is 21.8. The molecule has 2 bridgehead atoms. The molecule has 2 atom stereocenters. The van der Waals surface area contributed by atoms with Crippen LogP contribution in [-0.4, -0.2) is 41.6 Å². The van der Waals surface area contributed by atoms with Crippen molar-refractivity contribution in [3.8, 4) is 5.75 Å². The van der Waals surface area contributed by atoms with E-state index in [9.17, 15) is 14.1 Å². The number of benzene rings is 3. The zero-order valence-corrected chi connectivity index (χ0v) is 20.9. The zero-order valence-electron chi connectivity index (χ0n) is 20.1. The van der Waals surface area contributed by atoms with E-state index in [0.29, 0.717) is 34.2 Å². The van der Waals surface area contributed by atoms with Gasteiger partial charge in [-0.15, -0.1) is 0 Å². The first-order valence-electron chi connectivity index (χ1n) is 11.7. The third kappa shape index (κ3) is 4.82.